The van der Waals surface area contributed by atoms with E-state index in [0.717, 1.165) is 59.5 Å². The molecule has 1 aliphatic rings. The molecule has 1 fully saturated rings. The standard InChI is InChI=1S/C22H22N4O2/c27-19-4-1-17(2-5-19)25-18-3-6-22-24-12-21(26(22)13-18)15-7-9-23-20(11-15)16-8-10-28-14-16/h3,6-14,17,19,25,27H,1-2,4-5H2. The van der Waals surface area contributed by atoms with E-state index in [2.05, 4.69) is 38.0 Å². The van der Waals surface area contributed by atoms with Crippen LogP contribution in [0.5, 0.6) is 0 Å². The van der Waals surface area contributed by atoms with Gasteiger partial charge in [0.15, 0.2) is 0 Å². The lowest BCUT2D eigenvalue weighted by molar-refractivity contribution is 0.126. The van der Waals surface area contributed by atoms with E-state index in [9.17, 15) is 5.11 Å². The number of furan rings is 1. The first-order valence-corrected chi connectivity index (χ1v) is 9.67. The highest BCUT2D eigenvalue weighted by molar-refractivity contribution is 5.70. The average molecular weight is 374 g/mol. The van der Waals surface area contributed by atoms with Gasteiger partial charge >= 0.3 is 0 Å². The highest BCUT2D eigenvalue weighted by atomic mass is 16.3. The van der Waals surface area contributed by atoms with Crippen molar-refractivity contribution < 1.29 is 9.52 Å². The van der Waals surface area contributed by atoms with Crippen LogP contribution in [0.4, 0.5) is 5.69 Å². The summed E-state index contributed by atoms with van der Waals surface area (Å²) in [7, 11) is 0. The number of nitrogens with one attached hydrogen (secondary N) is 1. The molecule has 6 heteroatoms. The van der Waals surface area contributed by atoms with Crippen LogP contribution >= 0.6 is 0 Å². The molecule has 0 bridgehead atoms. The molecular formula is C22H22N4O2. The van der Waals surface area contributed by atoms with Crippen LogP contribution in [0, 0.1) is 0 Å². The molecular weight excluding hydrogens is 352 g/mol. The summed E-state index contributed by atoms with van der Waals surface area (Å²) in [6.07, 6.45) is 12.7. The number of hydrogen-bond acceptors (Lipinski definition) is 5. The zero-order chi connectivity index (χ0) is 18.9. The summed E-state index contributed by atoms with van der Waals surface area (Å²) in [6.45, 7) is 0. The molecule has 4 aromatic rings. The Hall–Kier alpha value is -3.12. The van der Waals surface area contributed by atoms with Gasteiger partial charge in [-0.3, -0.25) is 9.38 Å². The Bertz CT molecular complexity index is 1080. The maximum absolute atomic E-state index is 9.71. The van der Waals surface area contributed by atoms with Crippen molar-refractivity contribution in [3.8, 4) is 22.5 Å². The number of aliphatic hydroxyl groups excluding tert-OH is 1. The van der Waals surface area contributed by atoms with Gasteiger partial charge in [-0.25, -0.2) is 4.98 Å². The van der Waals surface area contributed by atoms with Crippen LogP contribution in [0.1, 0.15) is 25.7 Å². The van der Waals surface area contributed by atoms with E-state index in [4.69, 9.17) is 4.42 Å². The molecule has 142 valence electrons. The fourth-order valence-corrected chi connectivity index (χ4v) is 3.89. The van der Waals surface area contributed by atoms with Gasteiger partial charge in [-0.1, -0.05) is 0 Å². The van der Waals surface area contributed by atoms with Crippen LogP contribution < -0.4 is 5.32 Å². The summed E-state index contributed by atoms with van der Waals surface area (Å²) in [5.74, 6) is 0. The van der Waals surface area contributed by atoms with Crippen molar-refractivity contribution in [2.45, 2.75) is 37.8 Å². The quantitative estimate of drug-likeness (QED) is 0.555. The number of pyridine rings is 2. The first kappa shape index (κ1) is 17.0. The lowest BCUT2D eigenvalue weighted by Crippen LogP contribution is -2.28. The van der Waals surface area contributed by atoms with Gasteiger partial charge in [-0.05, 0) is 56.0 Å². The zero-order valence-electron chi connectivity index (χ0n) is 15.5. The van der Waals surface area contributed by atoms with E-state index in [-0.39, 0.29) is 6.10 Å². The minimum atomic E-state index is -0.142. The molecule has 4 aromatic heterocycles. The Morgan fingerprint density at radius 1 is 1.04 bits per heavy atom. The molecule has 0 radical (unpaired) electrons. The van der Waals surface area contributed by atoms with Crippen molar-refractivity contribution in [2.75, 3.05) is 5.32 Å². The molecule has 2 N–H and O–H groups in total. The minimum absolute atomic E-state index is 0.142. The molecule has 0 unspecified atom stereocenters. The average Bonchev–Trinajstić information content (AvgIpc) is 3.40. The number of imidazole rings is 1. The van der Waals surface area contributed by atoms with E-state index in [0.29, 0.717) is 6.04 Å². The van der Waals surface area contributed by atoms with Crippen molar-refractivity contribution in [1.29, 1.82) is 0 Å². The first-order chi connectivity index (χ1) is 13.8. The van der Waals surface area contributed by atoms with Crippen LogP contribution in [-0.2, 0) is 0 Å². The fraction of sp³-hybridized carbons (Fsp3) is 0.273. The normalized spacial score (nSPS) is 19.8. The molecule has 0 spiro atoms. The zero-order valence-corrected chi connectivity index (χ0v) is 15.5. The third-order valence-electron chi connectivity index (χ3n) is 5.45. The van der Waals surface area contributed by atoms with Gasteiger partial charge in [0.05, 0.1) is 41.9 Å². The predicted octanol–water partition coefficient (Wildman–Crippen LogP) is 4.37. The number of rotatable bonds is 4. The molecule has 4 heterocycles. The third kappa shape index (κ3) is 3.27. The molecule has 0 aromatic carbocycles. The smallest absolute Gasteiger partial charge is 0.137 e. The summed E-state index contributed by atoms with van der Waals surface area (Å²) in [5.41, 5.74) is 5.87. The molecule has 0 amide bonds. The maximum atomic E-state index is 9.71. The number of aliphatic hydroxyl groups is 1. The highest BCUT2D eigenvalue weighted by Gasteiger charge is 2.19. The summed E-state index contributed by atoms with van der Waals surface area (Å²) in [6, 6.07) is 10.5. The largest absolute Gasteiger partial charge is 0.472 e. The van der Waals surface area contributed by atoms with E-state index < -0.39 is 0 Å². The van der Waals surface area contributed by atoms with Gasteiger partial charge in [0.25, 0.3) is 0 Å². The number of fused-ring (bicyclic) bond motifs is 1. The van der Waals surface area contributed by atoms with Crippen molar-refractivity contribution in [3.63, 3.8) is 0 Å². The molecule has 0 atom stereocenters. The van der Waals surface area contributed by atoms with E-state index >= 15 is 0 Å². The van der Waals surface area contributed by atoms with Gasteiger partial charge in [0, 0.05) is 29.6 Å². The van der Waals surface area contributed by atoms with Gasteiger partial charge in [-0.15, -0.1) is 0 Å². The van der Waals surface area contributed by atoms with Crippen molar-refractivity contribution >= 4 is 11.3 Å². The van der Waals surface area contributed by atoms with Crippen LogP contribution in [0.25, 0.3) is 28.2 Å². The lowest BCUT2D eigenvalue weighted by atomic mass is 9.93. The molecule has 0 saturated heterocycles. The fourth-order valence-electron chi connectivity index (χ4n) is 3.89. The first-order valence-electron chi connectivity index (χ1n) is 9.67. The number of nitrogens with zero attached hydrogens (tertiary/aromatic N) is 3. The van der Waals surface area contributed by atoms with Crippen LogP contribution in [0.15, 0.2) is 65.9 Å². The molecule has 6 nitrogen and oxygen atoms in total. The summed E-state index contributed by atoms with van der Waals surface area (Å²) in [5, 5.41) is 13.3. The van der Waals surface area contributed by atoms with Crippen molar-refractivity contribution in [3.05, 3.63) is 61.4 Å². The second-order valence-electron chi connectivity index (χ2n) is 7.38. The molecule has 1 aliphatic carbocycles. The lowest BCUT2D eigenvalue weighted by Gasteiger charge is -2.27. The highest BCUT2D eigenvalue weighted by Crippen LogP contribution is 2.27. The molecule has 0 aliphatic heterocycles. The van der Waals surface area contributed by atoms with E-state index in [1.54, 1.807) is 12.5 Å². The number of aromatic nitrogens is 3. The Labute approximate surface area is 162 Å². The van der Waals surface area contributed by atoms with Crippen LogP contribution in [0.3, 0.4) is 0 Å². The van der Waals surface area contributed by atoms with Crippen LogP contribution in [-0.4, -0.2) is 31.6 Å². The Kier molecular flexibility index (Phi) is 4.33. The van der Waals surface area contributed by atoms with Crippen molar-refractivity contribution in [2.24, 2.45) is 0 Å². The van der Waals surface area contributed by atoms with Gasteiger partial charge < -0.3 is 14.8 Å². The SMILES string of the molecule is OC1CCC(Nc2ccc3ncc(-c4ccnc(-c5ccoc5)c4)n3c2)CC1. The minimum Gasteiger partial charge on any atom is -0.472 e. The summed E-state index contributed by atoms with van der Waals surface area (Å²) < 4.78 is 7.29. The molecule has 28 heavy (non-hydrogen) atoms. The van der Waals surface area contributed by atoms with Gasteiger partial charge in [0.1, 0.15) is 5.65 Å². The Morgan fingerprint density at radius 3 is 2.75 bits per heavy atom. The third-order valence-corrected chi connectivity index (χ3v) is 5.45. The second-order valence-corrected chi connectivity index (χ2v) is 7.38. The maximum Gasteiger partial charge on any atom is 0.137 e. The van der Waals surface area contributed by atoms with E-state index in [1.807, 2.05) is 30.6 Å². The topological polar surface area (TPSA) is 75.6 Å². The second kappa shape index (κ2) is 7.13. The summed E-state index contributed by atoms with van der Waals surface area (Å²) >= 11 is 0. The van der Waals surface area contributed by atoms with Gasteiger partial charge in [0.2, 0.25) is 0 Å². The van der Waals surface area contributed by atoms with E-state index in [1.165, 1.54) is 0 Å². The van der Waals surface area contributed by atoms with Crippen molar-refractivity contribution in [1.82, 2.24) is 14.4 Å². The molecule has 5 rings (SSSR count). The number of anilines is 1. The Balaban J connectivity index is 1.46. The Morgan fingerprint density at radius 2 is 1.93 bits per heavy atom. The monoisotopic (exact) mass is 374 g/mol. The summed E-state index contributed by atoms with van der Waals surface area (Å²) in [4.78, 5) is 9.00. The molecule has 1 saturated carbocycles. The van der Waals surface area contributed by atoms with Gasteiger partial charge in [-0.2, -0.15) is 0 Å². The van der Waals surface area contributed by atoms with Crippen LogP contribution in [0.2, 0.25) is 0 Å². The number of hydrogen-bond donors (Lipinski definition) is 2. The predicted molar refractivity (Wildman–Crippen MR) is 108 cm³/mol.